The summed E-state index contributed by atoms with van der Waals surface area (Å²) in [5, 5.41) is 0. The first-order valence-corrected chi connectivity index (χ1v) is 10.8. The largest absolute Gasteiger partial charge is 0.416 e. The molecule has 0 N–H and O–H groups in total. The number of rotatable bonds is 5. The summed E-state index contributed by atoms with van der Waals surface area (Å²) in [6.45, 7) is 0. The molecule has 0 bridgehead atoms. The second-order valence-corrected chi connectivity index (χ2v) is 9.71. The van der Waals surface area contributed by atoms with Crippen molar-refractivity contribution in [3.8, 4) is 0 Å². The fraction of sp³-hybridized carbons (Fsp3) is 0.143. The van der Waals surface area contributed by atoms with Crippen LogP contribution in [-0.4, -0.2) is 9.97 Å². The number of alkyl halides is 3. The van der Waals surface area contributed by atoms with Crippen molar-refractivity contribution in [2.45, 2.75) is 16.3 Å². The molecule has 2 heterocycles. The van der Waals surface area contributed by atoms with Crippen LogP contribution in [0.1, 0.15) is 11.1 Å². The van der Waals surface area contributed by atoms with E-state index in [0.717, 1.165) is 20.8 Å². The van der Waals surface area contributed by atoms with Crippen LogP contribution < -0.4 is 0 Å². The van der Waals surface area contributed by atoms with Gasteiger partial charge in [-0.3, -0.25) is 0 Å². The Morgan fingerprint density at radius 2 is 2.00 bits per heavy atom. The molecule has 0 atom stereocenters. The molecule has 0 radical (unpaired) electrons. The van der Waals surface area contributed by atoms with Gasteiger partial charge in [0.15, 0.2) is 4.34 Å². The van der Waals surface area contributed by atoms with Crippen LogP contribution in [0.4, 0.5) is 13.2 Å². The van der Waals surface area contributed by atoms with Gasteiger partial charge in [-0.2, -0.15) is 13.2 Å². The molecule has 3 rings (SSSR count). The standard InChI is InChI=1S/C14H9F3N2S4/c15-14(16,17)10-4-1-3-9(7-10)8-20-23-22-13-19-11-5-2-6-18-12(11)21-13/h1-7H,8H2. The molecule has 0 aliphatic carbocycles. The predicted octanol–water partition coefficient (Wildman–Crippen LogP) is 6.30. The van der Waals surface area contributed by atoms with Crippen molar-refractivity contribution in [2.75, 3.05) is 0 Å². The quantitative estimate of drug-likeness (QED) is 0.376. The highest BCUT2D eigenvalue weighted by molar-refractivity contribution is 9.09. The Hall–Kier alpha value is -0.900. The minimum Gasteiger partial charge on any atom is -0.244 e. The number of aromatic nitrogens is 2. The van der Waals surface area contributed by atoms with Gasteiger partial charge in [0.1, 0.15) is 10.3 Å². The lowest BCUT2D eigenvalue weighted by atomic mass is 10.1. The smallest absolute Gasteiger partial charge is 0.244 e. The Bertz CT molecular complexity index is 771. The molecule has 1 aromatic carbocycles. The Labute approximate surface area is 146 Å². The Morgan fingerprint density at radius 3 is 2.78 bits per heavy atom. The Balaban J connectivity index is 1.53. The molecular formula is C14H9F3N2S4. The van der Waals surface area contributed by atoms with Gasteiger partial charge in [-0.1, -0.05) is 40.3 Å². The average molecular weight is 391 g/mol. The highest BCUT2D eigenvalue weighted by atomic mass is 33.5. The molecule has 0 spiro atoms. The van der Waals surface area contributed by atoms with Gasteiger partial charge in [-0.15, -0.1) is 0 Å². The van der Waals surface area contributed by atoms with Crippen LogP contribution in [-0.2, 0) is 11.9 Å². The highest BCUT2D eigenvalue weighted by Gasteiger charge is 2.30. The maximum atomic E-state index is 12.6. The summed E-state index contributed by atoms with van der Waals surface area (Å²) in [4.78, 5) is 9.56. The summed E-state index contributed by atoms with van der Waals surface area (Å²) in [6.07, 6.45) is -2.57. The SMILES string of the molecule is FC(F)(F)c1cccc(CSSSc2nc3cccnc3s2)c1. The van der Waals surface area contributed by atoms with Crippen LogP contribution in [0, 0.1) is 0 Å². The summed E-state index contributed by atoms with van der Waals surface area (Å²) >= 11 is 1.51. The van der Waals surface area contributed by atoms with Crippen molar-refractivity contribution in [3.63, 3.8) is 0 Å². The fourth-order valence-electron chi connectivity index (χ4n) is 1.77. The molecule has 120 valence electrons. The maximum Gasteiger partial charge on any atom is 0.416 e. The normalized spacial score (nSPS) is 12.0. The lowest BCUT2D eigenvalue weighted by molar-refractivity contribution is -0.137. The molecule has 2 nitrogen and oxygen atoms in total. The van der Waals surface area contributed by atoms with E-state index in [1.807, 2.05) is 12.1 Å². The van der Waals surface area contributed by atoms with Crippen molar-refractivity contribution in [3.05, 3.63) is 53.7 Å². The van der Waals surface area contributed by atoms with Crippen molar-refractivity contribution >= 4 is 53.1 Å². The van der Waals surface area contributed by atoms with Crippen molar-refractivity contribution in [1.29, 1.82) is 0 Å². The Kier molecular flexibility index (Phi) is 5.40. The molecule has 23 heavy (non-hydrogen) atoms. The van der Waals surface area contributed by atoms with Gasteiger partial charge >= 0.3 is 6.18 Å². The van der Waals surface area contributed by atoms with Crippen LogP contribution in [0.5, 0.6) is 0 Å². The number of hydrogen-bond donors (Lipinski definition) is 0. The van der Waals surface area contributed by atoms with Crippen LogP contribution in [0.2, 0.25) is 0 Å². The minimum atomic E-state index is -4.30. The van der Waals surface area contributed by atoms with E-state index >= 15 is 0 Å². The second-order valence-electron chi connectivity index (χ2n) is 4.42. The van der Waals surface area contributed by atoms with E-state index in [1.54, 1.807) is 12.3 Å². The molecule has 0 aliphatic rings. The Morgan fingerprint density at radius 1 is 1.13 bits per heavy atom. The van der Waals surface area contributed by atoms with E-state index in [-0.39, 0.29) is 0 Å². The predicted molar refractivity (Wildman–Crippen MR) is 93.6 cm³/mol. The van der Waals surface area contributed by atoms with Gasteiger partial charge < -0.3 is 0 Å². The first kappa shape index (κ1) is 16.9. The van der Waals surface area contributed by atoms with Crippen molar-refractivity contribution < 1.29 is 13.2 Å². The van der Waals surface area contributed by atoms with Gasteiger partial charge in [0, 0.05) is 11.9 Å². The summed E-state index contributed by atoms with van der Waals surface area (Å²) in [5.74, 6) is 0.505. The van der Waals surface area contributed by atoms with Gasteiger partial charge in [0.05, 0.1) is 5.56 Å². The van der Waals surface area contributed by atoms with E-state index in [9.17, 15) is 13.2 Å². The second kappa shape index (κ2) is 7.33. The molecule has 0 unspecified atom stereocenters. The third kappa shape index (κ3) is 4.56. The van der Waals surface area contributed by atoms with E-state index in [0.29, 0.717) is 11.3 Å². The van der Waals surface area contributed by atoms with Crippen LogP contribution in [0.3, 0.4) is 0 Å². The van der Waals surface area contributed by atoms with Gasteiger partial charge in [0.25, 0.3) is 0 Å². The van der Waals surface area contributed by atoms with Gasteiger partial charge in [-0.25, -0.2) is 9.97 Å². The number of nitrogens with zero attached hydrogens (tertiary/aromatic N) is 2. The maximum absolute atomic E-state index is 12.6. The minimum absolute atomic E-state index is 0.505. The number of fused-ring (bicyclic) bond motifs is 1. The summed E-state index contributed by atoms with van der Waals surface area (Å²) < 4.78 is 38.8. The van der Waals surface area contributed by atoms with Crippen LogP contribution >= 0.6 is 42.8 Å². The van der Waals surface area contributed by atoms with Gasteiger partial charge in [0.2, 0.25) is 0 Å². The zero-order valence-electron chi connectivity index (χ0n) is 11.4. The first-order valence-electron chi connectivity index (χ1n) is 6.36. The molecule has 0 aliphatic heterocycles. The van der Waals surface area contributed by atoms with Gasteiger partial charge in [-0.05, 0) is 44.4 Å². The van der Waals surface area contributed by atoms with Crippen molar-refractivity contribution in [1.82, 2.24) is 9.97 Å². The zero-order valence-corrected chi connectivity index (χ0v) is 14.7. The molecular weight excluding hydrogens is 381 g/mol. The average Bonchev–Trinajstić information content (AvgIpc) is 2.94. The number of benzene rings is 1. The molecule has 3 aromatic rings. The van der Waals surface area contributed by atoms with E-state index in [4.69, 9.17) is 0 Å². The zero-order chi connectivity index (χ0) is 16.3. The lowest BCUT2D eigenvalue weighted by Crippen LogP contribution is -2.04. The van der Waals surface area contributed by atoms with E-state index in [2.05, 4.69) is 9.97 Å². The third-order valence-electron chi connectivity index (χ3n) is 2.78. The summed E-state index contributed by atoms with van der Waals surface area (Å²) in [5.41, 5.74) is 0.915. The number of pyridine rings is 1. The highest BCUT2D eigenvalue weighted by Crippen LogP contribution is 2.44. The number of thiazole rings is 1. The summed E-state index contributed by atoms with van der Waals surface area (Å²) in [7, 11) is 4.49. The van der Waals surface area contributed by atoms with E-state index < -0.39 is 11.7 Å². The molecule has 2 aromatic heterocycles. The molecule has 9 heteroatoms. The molecule has 0 fully saturated rings. The fourth-order valence-corrected chi connectivity index (χ4v) is 6.82. The summed E-state index contributed by atoms with van der Waals surface area (Å²) in [6, 6.07) is 9.17. The monoisotopic (exact) mass is 390 g/mol. The molecule has 0 saturated carbocycles. The van der Waals surface area contributed by atoms with Crippen molar-refractivity contribution in [2.24, 2.45) is 0 Å². The van der Waals surface area contributed by atoms with Crippen LogP contribution in [0.25, 0.3) is 10.3 Å². The molecule has 0 saturated heterocycles. The van der Waals surface area contributed by atoms with E-state index in [1.165, 1.54) is 54.9 Å². The number of hydrogen-bond acceptors (Lipinski definition) is 6. The third-order valence-corrected chi connectivity index (χ3v) is 8.02. The number of halogens is 3. The first-order chi connectivity index (χ1) is 11.0. The topological polar surface area (TPSA) is 25.8 Å². The molecule has 0 amide bonds. The van der Waals surface area contributed by atoms with Crippen LogP contribution in [0.15, 0.2) is 46.9 Å². The lowest BCUT2D eigenvalue weighted by Gasteiger charge is -2.08.